The van der Waals surface area contributed by atoms with Gasteiger partial charge in [-0.15, -0.1) is 0 Å². The molecule has 2 heterocycles. The molecule has 0 aromatic heterocycles. The monoisotopic (exact) mass is 231 g/mol. The lowest BCUT2D eigenvalue weighted by Crippen LogP contribution is -2.42. The second-order valence-electron chi connectivity index (χ2n) is 4.28. The fourth-order valence-corrected chi connectivity index (χ4v) is 2.48. The Labute approximate surface area is 98.9 Å². The number of hydrogen-bond donors (Lipinski definition) is 1. The summed E-state index contributed by atoms with van der Waals surface area (Å²) in [5.41, 5.74) is 1.90. The highest BCUT2D eigenvalue weighted by molar-refractivity contribution is 6.45. The van der Waals surface area contributed by atoms with Crippen LogP contribution in [0.25, 0.3) is 0 Å². The summed E-state index contributed by atoms with van der Waals surface area (Å²) in [6.45, 7) is 2.27. The Kier molecular flexibility index (Phi) is 2.33. The minimum absolute atomic E-state index is 0.144. The summed E-state index contributed by atoms with van der Waals surface area (Å²) in [7, 11) is 0. The van der Waals surface area contributed by atoms with Gasteiger partial charge < -0.3 is 5.21 Å². The Bertz CT molecular complexity index is 498. The first-order chi connectivity index (χ1) is 8.31. The Morgan fingerprint density at radius 2 is 2.06 bits per heavy atom. The lowest BCUT2D eigenvalue weighted by Gasteiger charge is -2.24. The molecular weight excluding hydrogens is 218 g/mol. The maximum Gasteiger partial charge on any atom is 0.290 e. The summed E-state index contributed by atoms with van der Waals surface area (Å²) in [5.74, 6) is -0.213. The van der Waals surface area contributed by atoms with Crippen molar-refractivity contribution in [3.05, 3.63) is 35.4 Å². The van der Waals surface area contributed by atoms with Crippen LogP contribution < -0.4 is 0 Å². The van der Waals surface area contributed by atoms with E-state index in [0.29, 0.717) is 13.1 Å². The molecule has 0 atom stereocenters. The highest BCUT2D eigenvalue weighted by Crippen LogP contribution is 2.23. The van der Waals surface area contributed by atoms with Crippen LogP contribution in [0.4, 0.5) is 0 Å². The van der Waals surface area contributed by atoms with Crippen LogP contribution in [0.1, 0.15) is 17.5 Å². The van der Waals surface area contributed by atoms with Crippen LogP contribution in [0.15, 0.2) is 29.4 Å². The van der Waals surface area contributed by atoms with Gasteiger partial charge in [0.2, 0.25) is 0 Å². The lowest BCUT2D eigenvalue weighted by molar-refractivity contribution is -0.136. The predicted octanol–water partition coefficient (Wildman–Crippen LogP) is 0.828. The van der Waals surface area contributed by atoms with Crippen LogP contribution in [0.5, 0.6) is 0 Å². The normalized spacial score (nSPS) is 22.5. The number of nitrogens with zero attached hydrogens (tertiary/aromatic N) is 3. The van der Waals surface area contributed by atoms with Gasteiger partial charge in [-0.2, -0.15) is 0 Å². The third kappa shape index (κ3) is 1.51. The smallest absolute Gasteiger partial charge is 0.290 e. The number of oxime groups is 1. The van der Waals surface area contributed by atoms with Crippen molar-refractivity contribution in [2.24, 2.45) is 5.16 Å². The first-order valence-electron chi connectivity index (χ1n) is 5.68. The van der Waals surface area contributed by atoms with E-state index in [-0.39, 0.29) is 11.6 Å². The van der Waals surface area contributed by atoms with Gasteiger partial charge in [0.05, 0.1) is 0 Å². The van der Waals surface area contributed by atoms with Gasteiger partial charge in [0.25, 0.3) is 5.91 Å². The first kappa shape index (κ1) is 10.3. The van der Waals surface area contributed by atoms with E-state index in [1.807, 2.05) is 29.3 Å². The summed E-state index contributed by atoms with van der Waals surface area (Å²) >= 11 is 0. The molecule has 0 bridgehead atoms. The molecule has 2 aliphatic rings. The summed E-state index contributed by atoms with van der Waals surface area (Å²) in [6.07, 6.45) is 0.965. The molecule has 1 fully saturated rings. The Hall–Kier alpha value is -1.88. The SMILES string of the molecule is O=C1/C(=N/O)c2ccccc2CN2CCCN12. The lowest BCUT2D eigenvalue weighted by atomic mass is 10.0. The molecule has 1 saturated heterocycles. The number of carbonyl (C=O) groups excluding carboxylic acids is 1. The molecule has 5 nitrogen and oxygen atoms in total. The van der Waals surface area contributed by atoms with E-state index in [0.717, 1.165) is 24.1 Å². The summed E-state index contributed by atoms with van der Waals surface area (Å²) in [6, 6.07) is 7.58. The van der Waals surface area contributed by atoms with Crippen molar-refractivity contribution < 1.29 is 10.0 Å². The third-order valence-corrected chi connectivity index (χ3v) is 3.29. The number of rotatable bonds is 0. The number of fused-ring (bicyclic) bond motifs is 2. The number of amides is 1. The molecule has 3 rings (SSSR count). The quantitative estimate of drug-likeness (QED) is 0.531. The number of benzene rings is 1. The largest absolute Gasteiger partial charge is 0.410 e. The van der Waals surface area contributed by atoms with Gasteiger partial charge in [0.15, 0.2) is 5.71 Å². The first-order valence-corrected chi connectivity index (χ1v) is 5.68. The van der Waals surface area contributed by atoms with Crippen molar-refractivity contribution in [2.45, 2.75) is 13.0 Å². The topological polar surface area (TPSA) is 56.1 Å². The van der Waals surface area contributed by atoms with Gasteiger partial charge in [-0.3, -0.25) is 9.80 Å². The molecule has 0 spiro atoms. The minimum Gasteiger partial charge on any atom is -0.410 e. The van der Waals surface area contributed by atoms with Gasteiger partial charge in [-0.1, -0.05) is 29.4 Å². The van der Waals surface area contributed by atoms with Crippen LogP contribution in [0.3, 0.4) is 0 Å². The molecule has 5 heteroatoms. The summed E-state index contributed by atoms with van der Waals surface area (Å²) in [4.78, 5) is 12.2. The van der Waals surface area contributed by atoms with Gasteiger partial charge in [0.1, 0.15) is 0 Å². The summed E-state index contributed by atoms with van der Waals surface area (Å²) in [5, 5.41) is 16.0. The molecule has 2 aliphatic heterocycles. The molecule has 0 unspecified atom stereocenters. The van der Waals surface area contributed by atoms with Crippen LogP contribution in [-0.4, -0.2) is 39.9 Å². The van der Waals surface area contributed by atoms with E-state index in [4.69, 9.17) is 5.21 Å². The summed E-state index contributed by atoms with van der Waals surface area (Å²) < 4.78 is 0. The molecule has 1 aromatic carbocycles. The van der Waals surface area contributed by atoms with Gasteiger partial charge in [-0.05, 0) is 12.0 Å². The standard InChI is InChI=1S/C12H13N3O2/c16-12-11(13-17)10-5-2-1-4-9(10)8-14-6-3-7-15(12)14/h1-2,4-5,17H,3,6-8H2/b13-11+. The van der Waals surface area contributed by atoms with Crippen molar-refractivity contribution in [1.29, 1.82) is 0 Å². The minimum atomic E-state index is -0.213. The fraction of sp³-hybridized carbons (Fsp3) is 0.333. The average molecular weight is 231 g/mol. The highest BCUT2D eigenvalue weighted by Gasteiger charge is 2.34. The molecule has 1 N–H and O–H groups in total. The van der Waals surface area contributed by atoms with Crippen LogP contribution in [0.2, 0.25) is 0 Å². The average Bonchev–Trinajstić information content (AvgIpc) is 2.76. The molecule has 0 radical (unpaired) electrons. The third-order valence-electron chi connectivity index (χ3n) is 3.29. The molecule has 0 saturated carbocycles. The van der Waals surface area contributed by atoms with Crippen molar-refractivity contribution in [1.82, 2.24) is 10.0 Å². The Morgan fingerprint density at radius 3 is 2.88 bits per heavy atom. The molecule has 1 amide bonds. The van der Waals surface area contributed by atoms with E-state index in [2.05, 4.69) is 5.16 Å². The molecule has 88 valence electrons. The predicted molar refractivity (Wildman–Crippen MR) is 61.5 cm³/mol. The Balaban J connectivity index is 2.14. The van der Waals surface area contributed by atoms with E-state index in [9.17, 15) is 4.79 Å². The van der Waals surface area contributed by atoms with Crippen molar-refractivity contribution in [3.63, 3.8) is 0 Å². The number of hydrogen-bond acceptors (Lipinski definition) is 4. The Morgan fingerprint density at radius 1 is 1.24 bits per heavy atom. The van der Waals surface area contributed by atoms with Crippen LogP contribution in [-0.2, 0) is 11.3 Å². The maximum absolute atomic E-state index is 12.2. The van der Waals surface area contributed by atoms with Gasteiger partial charge in [0, 0.05) is 25.2 Å². The molecular formula is C12H13N3O2. The maximum atomic E-state index is 12.2. The van der Waals surface area contributed by atoms with Gasteiger partial charge in [-0.25, -0.2) is 5.01 Å². The zero-order valence-corrected chi connectivity index (χ0v) is 9.33. The second-order valence-corrected chi connectivity index (χ2v) is 4.28. The van der Waals surface area contributed by atoms with E-state index in [1.165, 1.54) is 0 Å². The van der Waals surface area contributed by atoms with Crippen molar-refractivity contribution in [3.8, 4) is 0 Å². The van der Waals surface area contributed by atoms with Crippen LogP contribution >= 0.6 is 0 Å². The van der Waals surface area contributed by atoms with E-state index >= 15 is 0 Å². The molecule has 0 aliphatic carbocycles. The zero-order valence-electron chi connectivity index (χ0n) is 9.33. The molecule has 17 heavy (non-hydrogen) atoms. The van der Waals surface area contributed by atoms with E-state index < -0.39 is 0 Å². The van der Waals surface area contributed by atoms with Crippen molar-refractivity contribution >= 4 is 11.6 Å². The second kappa shape index (κ2) is 3.85. The molecule has 1 aromatic rings. The van der Waals surface area contributed by atoms with E-state index in [1.54, 1.807) is 5.01 Å². The number of hydrazine groups is 1. The highest BCUT2D eigenvalue weighted by atomic mass is 16.4. The van der Waals surface area contributed by atoms with Crippen LogP contribution in [0, 0.1) is 0 Å². The number of carbonyl (C=O) groups is 1. The van der Waals surface area contributed by atoms with Crippen molar-refractivity contribution in [2.75, 3.05) is 13.1 Å². The fourth-order valence-electron chi connectivity index (χ4n) is 2.48. The zero-order chi connectivity index (χ0) is 11.8. The van der Waals surface area contributed by atoms with Gasteiger partial charge >= 0.3 is 0 Å².